The van der Waals surface area contributed by atoms with Gasteiger partial charge >= 0.3 is 16.2 Å². The first-order valence-corrected chi connectivity index (χ1v) is 12.1. The molecule has 8 nitrogen and oxygen atoms in total. The molecule has 1 N–H and O–H groups in total. The van der Waals surface area contributed by atoms with Gasteiger partial charge in [-0.2, -0.15) is 13.7 Å². The predicted molar refractivity (Wildman–Crippen MR) is 121 cm³/mol. The van der Waals surface area contributed by atoms with Crippen molar-refractivity contribution >= 4 is 38.5 Å². The number of carbonyl (C=O) groups is 2. The molecule has 1 heterocycles. The van der Waals surface area contributed by atoms with E-state index >= 15 is 0 Å². The molecule has 2 aromatic carbocycles. The second kappa shape index (κ2) is 9.57. The lowest BCUT2D eigenvalue weighted by Gasteiger charge is -2.21. The number of ether oxygens (including phenoxy) is 1. The molecule has 1 aliphatic heterocycles. The predicted octanol–water partition coefficient (Wildman–Crippen LogP) is 3.45. The van der Waals surface area contributed by atoms with Crippen LogP contribution in [0.25, 0.3) is 10.8 Å². The Balaban J connectivity index is 2.06. The molecule has 0 radical (unpaired) electrons. The Bertz CT molecular complexity index is 1180. The Kier molecular flexibility index (Phi) is 7.04. The highest BCUT2D eigenvalue weighted by molar-refractivity contribution is 7.92. The van der Waals surface area contributed by atoms with Gasteiger partial charge < -0.3 is 4.74 Å². The van der Waals surface area contributed by atoms with Gasteiger partial charge in [0.05, 0.1) is 17.7 Å². The van der Waals surface area contributed by atoms with E-state index in [1.807, 2.05) is 43.7 Å². The van der Waals surface area contributed by atoms with E-state index in [9.17, 15) is 18.0 Å². The molecule has 1 atom stereocenters. The third-order valence-corrected chi connectivity index (χ3v) is 7.08. The standard InChI is InChI=1S/C23H27N3O5S/c1-4-17(5-2)23(28)31-21-12-18-9-8-16(7-6-15(3)13-24)10-19(18)11-20(21)26-14-22(27)25-32(26,29)30/h8-12,15,17H,4-7,14H2,1-3H3,(H,25,27). The SMILES string of the molecule is CCC(CC)C(=O)Oc1cc2ccc(CCC(C)C#N)cc2cc1N1CC(=O)NS1(=O)=O. The van der Waals surface area contributed by atoms with E-state index in [1.165, 1.54) is 0 Å². The van der Waals surface area contributed by atoms with Crippen molar-refractivity contribution in [2.75, 3.05) is 10.8 Å². The highest BCUT2D eigenvalue weighted by atomic mass is 32.2. The van der Waals surface area contributed by atoms with Crippen LogP contribution in [-0.4, -0.2) is 26.8 Å². The van der Waals surface area contributed by atoms with E-state index < -0.39 is 22.1 Å². The number of carbonyl (C=O) groups excluding carboxylic acids is 2. The lowest BCUT2D eigenvalue weighted by Crippen LogP contribution is -2.30. The van der Waals surface area contributed by atoms with Gasteiger partial charge in [-0.15, -0.1) is 0 Å². The number of esters is 1. The van der Waals surface area contributed by atoms with E-state index in [4.69, 9.17) is 10.00 Å². The Morgan fingerprint density at radius 2 is 1.94 bits per heavy atom. The first kappa shape index (κ1) is 23.5. The minimum absolute atomic E-state index is 0.0695. The first-order chi connectivity index (χ1) is 15.2. The molecule has 1 fully saturated rings. The quantitative estimate of drug-likeness (QED) is 0.479. The van der Waals surface area contributed by atoms with Crippen molar-refractivity contribution in [1.29, 1.82) is 5.26 Å². The second-order valence-corrected chi connectivity index (χ2v) is 9.64. The van der Waals surface area contributed by atoms with Gasteiger partial charge in [-0.05, 0) is 61.1 Å². The lowest BCUT2D eigenvalue weighted by atomic mass is 9.99. The molecule has 0 aliphatic carbocycles. The highest BCUT2D eigenvalue weighted by Gasteiger charge is 2.36. The Labute approximate surface area is 188 Å². The van der Waals surface area contributed by atoms with Crippen LogP contribution in [-0.2, 0) is 26.2 Å². The number of nitrogens with zero attached hydrogens (tertiary/aromatic N) is 2. The van der Waals surface area contributed by atoms with Gasteiger partial charge in [0.15, 0.2) is 5.75 Å². The number of nitrogens with one attached hydrogen (secondary N) is 1. The third-order valence-electron chi connectivity index (χ3n) is 5.69. The molecule has 1 amide bonds. The Morgan fingerprint density at radius 1 is 1.22 bits per heavy atom. The number of hydrogen-bond donors (Lipinski definition) is 1. The van der Waals surface area contributed by atoms with Crippen molar-refractivity contribution in [1.82, 2.24) is 4.72 Å². The fraction of sp³-hybridized carbons (Fsp3) is 0.435. The molecule has 1 aliphatic rings. The van der Waals surface area contributed by atoms with Crippen LogP contribution in [0, 0.1) is 23.2 Å². The van der Waals surface area contributed by atoms with E-state index in [0.29, 0.717) is 25.7 Å². The number of rotatable bonds is 8. The Hall–Kier alpha value is -3.12. The zero-order valence-corrected chi connectivity index (χ0v) is 19.2. The number of benzene rings is 2. The van der Waals surface area contributed by atoms with E-state index in [1.54, 1.807) is 12.1 Å². The van der Waals surface area contributed by atoms with Gasteiger partial charge in [0.2, 0.25) is 0 Å². The molecule has 32 heavy (non-hydrogen) atoms. The number of aryl methyl sites for hydroxylation is 1. The molecular formula is C23H27N3O5S. The second-order valence-electron chi connectivity index (χ2n) is 8.04. The van der Waals surface area contributed by atoms with E-state index in [-0.39, 0.29) is 29.8 Å². The van der Waals surface area contributed by atoms with Gasteiger partial charge in [-0.3, -0.25) is 9.59 Å². The highest BCUT2D eigenvalue weighted by Crippen LogP contribution is 2.37. The summed E-state index contributed by atoms with van der Waals surface area (Å²) >= 11 is 0. The average Bonchev–Trinajstić information content (AvgIpc) is 3.03. The first-order valence-electron chi connectivity index (χ1n) is 10.7. The van der Waals surface area contributed by atoms with Crippen LogP contribution in [0.2, 0.25) is 0 Å². The number of nitriles is 1. The topological polar surface area (TPSA) is 117 Å². The molecule has 1 unspecified atom stereocenters. The summed E-state index contributed by atoms with van der Waals surface area (Å²) in [5, 5.41) is 10.5. The molecule has 170 valence electrons. The van der Waals surface area contributed by atoms with Crippen molar-refractivity contribution in [3.05, 3.63) is 35.9 Å². The maximum absolute atomic E-state index is 12.6. The number of hydrogen-bond acceptors (Lipinski definition) is 6. The van der Waals surface area contributed by atoms with Crippen LogP contribution >= 0.6 is 0 Å². The van der Waals surface area contributed by atoms with Crippen LogP contribution in [0.4, 0.5) is 5.69 Å². The summed E-state index contributed by atoms with van der Waals surface area (Å²) < 4.78 is 33.5. The normalized spacial score (nSPS) is 16.1. The maximum atomic E-state index is 12.6. The molecule has 0 saturated carbocycles. The molecule has 0 aromatic heterocycles. The minimum Gasteiger partial charge on any atom is -0.424 e. The van der Waals surface area contributed by atoms with Gasteiger partial charge in [-0.25, -0.2) is 9.03 Å². The van der Waals surface area contributed by atoms with Gasteiger partial charge in [0.25, 0.3) is 5.91 Å². The molecule has 9 heteroatoms. The van der Waals surface area contributed by atoms with Gasteiger partial charge in [0, 0.05) is 5.92 Å². The number of anilines is 1. The maximum Gasteiger partial charge on any atom is 0.326 e. The minimum atomic E-state index is -4.08. The molecule has 2 aromatic rings. The summed E-state index contributed by atoms with van der Waals surface area (Å²) in [5.74, 6) is -1.37. The zero-order chi connectivity index (χ0) is 23.5. The molecule has 1 saturated heterocycles. The van der Waals surface area contributed by atoms with Crippen molar-refractivity contribution in [2.45, 2.75) is 46.5 Å². The summed E-state index contributed by atoms with van der Waals surface area (Å²) in [6, 6.07) is 11.2. The number of fused-ring (bicyclic) bond motifs is 1. The van der Waals surface area contributed by atoms with Crippen molar-refractivity contribution in [3.63, 3.8) is 0 Å². The monoisotopic (exact) mass is 457 g/mol. The summed E-state index contributed by atoms with van der Waals surface area (Å²) in [5.41, 5.74) is 1.14. The van der Waals surface area contributed by atoms with E-state index in [0.717, 1.165) is 20.6 Å². The van der Waals surface area contributed by atoms with Crippen LogP contribution in [0.3, 0.4) is 0 Å². The lowest BCUT2D eigenvalue weighted by molar-refractivity contribution is -0.139. The smallest absolute Gasteiger partial charge is 0.326 e. The molecule has 3 rings (SSSR count). The van der Waals surface area contributed by atoms with Crippen molar-refractivity contribution in [3.8, 4) is 11.8 Å². The fourth-order valence-electron chi connectivity index (χ4n) is 3.67. The molecule has 0 spiro atoms. The van der Waals surface area contributed by atoms with Gasteiger partial charge in [-0.1, -0.05) is 32.0 Å². The van der Waals surface area contributed by atoms with Crippen molar-refractivity contribution in [2.24, 2.45) is 11.8 Å². The summed E-state index contributed by atoms with van der Waals surface area (Å²) in [7, 11) is -4.08. The summed E-state index contributed by atoms with van der Waals surface area (Å²) in [4.78, 5) is 24.4. The molecule has 0 bridgehead atoms. The van der Waals surface area contributed by atoms with Crippen LogP contribution < -0.4 is 13.8 Å². The number of amides is 1. The Morgan fingerprint density at radius 3 is 2.53 bits per heavy atom. The fourth-order valence-corrected chi connectivity index (χ4v) is 4.82. The zero-order valence-electron chi connectivity index (χ0n) is 18.4. The van der Waals surface area contributed by atoms with Gasteiger partial charge in [0.1, 0.15) is 6.54 Å². The summed E-state index contributed by atoms with van der Waals surface area (Å²) in [6.45, 7) is 5.25. The van der Waals surface area contributed by atoms with Crippen LogP contribution in [0.5, 0.6) is 5.75 Å². The molecular weight excluding hydrogens is 430 g/mol. The largest absolute Gasteiger partial charge is 0.424 e. The summed E-state index contributed by atoms with van der Waals surface area (Å²) in [6.07, 6.45) is 2.61. The van der Waals surface area contributed by atoms with E-state index in [2.05, 4.69) is 6.07 Å². The van der Waals surface area contributed by atoms with Crippen molar-refractivity contribution < 1.29 is 22.7 Å². The van der Waals surface area contributed by atoms with Crippen LogP contribution in [0.15, 0.2) is 30.3 Å². The average molecular weight is 458 g/mol. The van der Waals surface area contributed by atoms with Crippen LogP contribution in [0.1, 0.15) is 45.6 Å². The third kappa shape index (κ3) is 5.02.